The van der Waals surface area contributed by atoms with Crippen molar-refractivity contribution in [1.82, 2.24) is 10.0 Å². The van der Waals surface area contributed by atoms with Gasteiger partial charge in [0, 0.05) is 38.3 Å². The lowest BCUT2D eigenvalue weighted by atomic mass is 9.84. The van der Waals surface area contributed by atoms with Crippen molar-refractivity contribution in [1.29, 1.82) is 0 Å². The molecule has 1 atom stereocenters. The third-order valence-corrected chi connectivity index (χ3v) is 7.13. The van der Waals surface area contributed by atoms with Crippen LogP contribution in [0.25, 0.3) is 0 Å². The van der Waals surface area contributed by atoms with E-state index in [1.54, 1.807) is 0 Å². The highest BCUT2D eigenvalue weighted by atomic mass is 32.2. The largest absolute Gasteiger partial charge is 0.381 e. The average Bonchev–Trinajstić information content (AvgIpc) is 3.05. The van der Waals surface area contributed by atoms with Gasteiger partial charge in [0.05, 0.1) is 15.4 Å². The van der Waals surface area contributed by atoms with E-state index >= 15 is 0 Å². The van der Waals surface area contributed by atoms with E-state index in [0.29, 0.717) is 37.5 Å². The predicted molar refractivity (Wildman–Crippen MR) is 89.8 cm³/mol. The highest BCUT2D eigenvalue weighted by molar-refractivity contribution is 7.89. The van der Waals surface area contributed by atoms with E-state index in [1.807, 2.05) is 0 Å². The molecule has 0 unspecified atom stereocenters. The van der Waals surface area contributed by atoms with Gasteiger partial charge in [-0.2, -0.15) is 0 Å². The van der Waals surface area contributed by atoms with E-state index in [1.165, 1.54) is 18.5 Å². The molecule has 3 rings (SSSR count). The summed E-state index contributed by atoms with van der Waals surface area (Å²) in [4.78, 5) is 12.1. The Labute approximate surface area is 145 Å². The molecule has 134 valence electrons. The van der Waals surface area contributed by atoms with Crippen LogP contribution < -0.4 is 10.0 Å². The highest BCUT2D eigenvalue weighted by Gasteiger charge is 2.40. The van der Waals surface area contributed by atoms with Gasteiger partial charge < -0.3 is 14.8 Å². The monoisotopic (exact) mass is 374 g/mol. The first kappa shape index (κ1) is 17.8. The minimum Gasteiger partial charge on any atom is -0.381 e. The number of hydrogen-bond acceptors (Lipinski definition) is 6. The van der Waals surface area contributed by atoms with E-state index in [9.17, 15) is 13.2 Å². The summed E-state index contributed by atoms with van der Waals surface area (Å²) in [5.41, 5.74) is -0.272. The van der Waals surface area contributed by atoms with Crippen LogP contribution in [0.3, 0.4) is 0 Å². The second kappa shape index (κ2) is 7.09. The molecule has 0 aliphatic carbocycles. The van der Waals surface area contributed by atoms with Gasteiger partial charge in [-0.05, 0) is 31.7 Å². The summed E-state index contributed by atoms with van der Waals surface area (Å²) in [6.45, 7) is 1.85. The summed E-state index contributed by atoms with van der Waals surface area (Å²) in [6, 6.07) is 1.25. The first-order valence-corrected chi connectivity index (χ1v) is 10.4. The number of sulfonamides is 1. The van der Waals surface area contributed by atoms with Crippen LogP contribution in [0.2, 0.25) is 0 Å². The van der Waals surface area contributed by atoms with Crippen molar-refractivity contribution < 1.29 is 22.7 Å². The first-order valence-electron chi connectivity index (χ1n) is 7.99. The highest BCUT2D eigenvalue weighted by Crippen LogP contribution is 2.34. The molecule has 1 spiro atoms. The van der Waals surface area contributed by atoms with Gasteiger partial charge in [-0.25, -0.2) is 13.1 Å². The summed E-state index contributed by atoms with van der Waals surface area (Å²) in [7, 11) is -2.12. The van der Waals surface area contributed by atoms with Gasteiger partial charge in [-0.1, -0.05) is 0 Å². The van der Waals surface area contributed by atoms with E-state index < -0.39 is 10.0 Å². The van der Waals surface area contributed by atoms with Gasteiger partial charge in [-0.3, -0.25) is 4.79 Å². The molecule has 9 heteroatoms. The second-order valence-electron chi connectivity index (χ2n) is 6.18. The third kappa shape index (κ3) is 3.80. The van der Waals surface area contributed by atoms with Gasteiger partial charge in [0.2, 0.25) is 10.0 Å². The van der Waals surface area contributed by atoms with Gasteiger partial charge in [0.25, 0.3) is 5.91 Å². The lowest BCUT2D eigenvalue weighted by molar-refractivity contribution is -0.138. The van der Waals surface area contributed by atoms with Gasteiger partial charge in [0.1, 0.15) is 0 Å². The Morgan fingerprint density at radius 2 is 2.08 bits per heavy atom. The molecule has 0 aromatic carbocycles. The smallest absolute Gasteiger partial charge is 0.261 e. The van der Waals surface area contributed by atoms with Crippen molar-refractivity contribution in [3.05, 3.63) is 16.3 Å². The van der Waals surface area contributed by atoms with Crippen molar-refractivity contribution in [2.45, 2.75) is 42.2 Å². The van der Waals surface area contributed by atoms with E-state index in [0.717, 1.165) is 24.2 Å². The lowest BCUT2D eigenvalue weighted by Crippen LogP contribution is -2.50. The minimum atomic E-state index is -3.64. The number of rotatable bonds is 4. The SMILES string of the molecule is CNC(=O)c1cc(S(=O)(=O)N[C@@H]2CCOC3(CCOCC3)C2)cs1. The fourth-order valence-electron chi connectivity index (χ4n) is 3.21. The molecule has 2 saturated heterocycles. The molecule has 7 nitrogen and oxygen atoms in total. The lowest BCUT2D eigenvalue weighted by Gasteiger charge is -2.43. The Kier molecular flexibility index (Phi) is 5.26. The van der Waals surface area contributed by atoms with Crippen LogP contribution in [0.15, 0.2) is 16.3 Å². The van der Waals surface area contributed by atoms with Gasteiger partial charge in [-0.15, -0.1) is 11.3 Å². The number of amides is 1. The fraction of sp³-hybridized carbons (Fsp3) is 0.667. The summed E-state index contributed by atoms with van der Waals surface area (Å²) >= 11 is 1.12. The maximum absolute atomic E-state index is 12.6. The molecular formula is C15H22N2O5S2. The number of thiophene rings is 1. The van der Waals surface area contributed by atoms with Crippen LogP contribution in [-0.4, -0.2) is 52.8 Å². The number of hydrogen-bond donors (Lipinski definition) is 2. The van der Waals surface area contributed by atoms with Crippen molar-refractivity contribution in [3.63, 3.8) is 0 Å². The van der Waals surface area contributed by atoms with E-state index in [2.05, 4.69) is 10.0 Å². The minimum absolute atomic E-state index is 0.138. The topological polar surface area (TPSA) is 93.7 Å². The third-order valence-electron chi connectivity index (χ3n) is 4.56. The van der Waals surface area contributed by atoms with E-state index in [-0.39, 0.29) is 22.4 Å². The van der Waals surface area contributed by atoms with Crippen molar-refractivity contribution in [3.8, 4) is 0 Å². The van der Waals surface area contributed by atoms with Crippen LogP contribution in [0.1, 0.15) is 35.4 Å². The summed E-state index contributed by atoms with van der Waals surface area (Å²) in [5.74, 6) is -0.284. The molecule has 24 heavy (non-hydrogen) atoms. The molecule has 0 radical (unpaired) electrons. The molecule has 2 fully saturated rings. The maximum Gasteiger partial charge on any atom is 0.261 e. The molecule has 1 aromatic heterocycles. The number of carbonyl (C=O) groups is 1. The normalized spacial score (nSPS) is 24.0. The average molecular weight is 374 g/mol. The van der Waals surface area contributed by atoms with Gasteiger partial charge in [0.15, 0.2) is 0 Å². The van der Waals surface area contributed by atoms with Crippen LogP contribution in [0.5, 0.6) is 0 Å². The molecule has 1 aromatic rings. The maximum atomic E-state index is 12.6. The van der Waals surface area contributed by atoms with E-state index in [4.69, 9.17) is 9.47 Å². The Hall–Kier alpha value is -1.00. The molecule has 2 aliphatic rings. The van der Waals surface area contributed by atoms with Crippen molar-refractivity contribution >= 4 is 27.3 Å². The first-order chi connectivity index (χ1) is 11.4. The van der Waals surface area contributed by atoms with Gasteiger partial charge >= 0.3 is 0 Å². The van der Waals surface area contributed by atoms with Crippen LogP contribution >= 0.6 is 11.3 Å². The molecule has 2 aliphatic heterocycles. The van der Waals surface area contributed by atoms with Crippen LogP contribution in [-0.2, 0) is 19.5 Å². The number of nitrogens with one attached hydrogen (secondary N) is 2. The van der Waals surface area contributed by atoms with Crippen molar-refractivity contribution in [2.75, 3.05) is 26.9 Å². The molecular weight excluding hydrogens is 352 g/mol. The quantitative estimate of drug-likeness (QED) is 0.824. The Balaban J connectivity index is 1.69. The summed E-state index contributed by atoms with van der Waals surface area (Å²) in [6.07, 6.45) is 2.89. The molecule has 0 bridgehead atoms. The zero-order chi connectivity index (χ0) is 17.2. The van der Waals surface area contributed by atoms with Crippen molar-refractivity contribution in [2.24, 2.45) is 0 Å². The second-order valence-corrected chi connectivity index (χ2v) is 8.81. The zero-order valence-electron chi connectivity index (χ0n) is 13.5. The zero-order valence-corrected chi connectivity index (χ0v) is 15.2. The van der Waals surface area contributed by atoms with Crippen LogP contribution in [0, 0.1) is 0 Å². The predicted octanol–water partition coefficient (Wildman–Crippen LogP) is 1.11. The number of carbonyl (C=O) groups excluding carboxylic acids is 1. The standard InChI is InChI=1S/C15H22N2O5S2/c1-16-14(18)13-8-12(10-23-13)24(19,20)17-11-2-5-22-15(9-11)3-6-21-7-4-15/h8,10-11,17H,2-7,9H2,1H3,(H,16,18)/t11-/m1/s1. The fourth-order valence-corrected chi connectivity index (χ4v) is 5.70. The van der Waals surface area contributed by atoms with Crippen LogP contribution in [0.4, 0.5) is 0 Å². The summed E-state index contributed by atoms with van der Waals surface area (Å²) in [5, 5.41) is 3.99. The summed E-state index contributed by atoms with van der Waals surface area (Å²) < 4.78 is 39.3. The Bertz CT molecular complexity index is 689. The molecule has 1 amide bonds. The molecule has 3 heterocycles. The number of ether oxygens (including phenoxy) is 2. The molecule has 0 saturated carbocycles. The molecule has 2 N–H and O–H groups in total. The Morgan fingerprint density at radius 1 is 1.33 bits per heavy atom. The Morgan fingerprint density at radius 3 is 2.79 bits per heavy atom.